The Morgan fingerprint density at radius 3 is 2.27 bits per heavy atom. The summed E-state index contributed by atoms with van der Waals surface area (Å²) in [6, 6.07) is 0. The van der Waals surface area contributed by atoms with Gasteiger partial charge in [0.2, 0.25) is 0 Å². The van der Waals surface area contributed by atoms with Crippen LogP contribution in [-0.4, -0.2) is 95.3 Å². The third kappa shape index (κ3) is 8.01. The van der Waals surface area contributed by atoms with E-state index in [0.717, 1.165) is 6.26 Å². The Morgan fingerprint density at radius 1 is 1.15 bits per heavy atom. The minimum absolute atomic E-state index is 0.0247. The van der Waals surface area contributed by atoms with Crippen LogP contribution in [0.2, 0.25) is 0 Å². The summed E-state index contributed by atoms with van der Waals surface area (Å²) in [7, 11) is -8.21. The van der Waals surface area contributed by atoms with Gasteiger partial charge in [0.15, 0.2) is 0 Å². The van der Waals surface area contributed by atoms with Crippen molar-refractivity contribution in [1.82, 2.24) is 0 Å². The molecule has 5 atom stereocenters. The normalized spacial score (nSPS) is 31.0. The molecule has 0 saturated carbocycles. The molecule has 0 spiro atoms. The molecule has 1 rings (SSSR count). The first kappa shape index (κ1) is 23.5. The van der Waals surface area contributed by atoms with Crippen molar-refractivity contribution in [3.05, 3.63) is 0 Å². The molecule has 0 aliphatic carbocycles. The second-order valence-electron chi connectivity index (χ2n) is 5.54. The highest BCUT2D eigenvalue weighted by atomic mass is 32.3. The van der Waals surface area contributed by atoms with Crippen molar-refractivity contribution in [2.75, 3.05) is 18.6 Å². The molecule has 26 heavy (non-hydrogen) atoms. The Balaban J connectivity index is 2.88. The van der Waals surface area contributed by atoms with Crippen LogP contribution in [0.3, 0.4) is 0 Å². The fourth-order valence-electron chi connectivity index (χ4n) is 2.00. The van der Waals surface area contributed by atoms with Crippen LogP contribution in [0.1, 0.15) is 12.8 Å². The first-order valence-corrected chi connectivity index (χ1v) is 11.5. The topological polar surface area (TPSA) is 200 Å². The van der Waals surface area contributed by atoms with Gasteiger partial charge in [0.05, 0.1) is 12.4 Å². The van der Waals surface area contributed by atoms with Gasteiger partial charge in [-0.3, -0.25) is 4.55 Å². The molecule has 1 aliphatic rings. The van der Waals surface area contributed by atoms with Gasteiger partial charge in [-0.25, -0.2) is 12.7 Å². The number of aliphatic hydroxyl groups excluding tert-OH is 4. The number of hydrogen-bond donors (Lipinski definition) is 5. The Hall–Kier alpha value is -0.520. The zero-order valence-electron chi connectivity index (χ0n) is 13.6. The van der Waals surface area contributed by atoms with Crippen LogP contribution in [-0.2, 0) is 29.3 Å². The summed E-state index contributed by atoms with van der Waals surface area (Å²) in [5.74, 6) is -0.243. The van der Waals surface area contributed by atoms with Gasteiger partial charge in [-0.2, -0.15) is 8.42 Å². The third-order valence-electron chi connectivity index (χ3n) is 3.24. The van der Waals surface area contributed by atoms with Crippen molar-refractivity contribution in [3.63, 3.8) is 0 Å². The number of rotatable bonds is 8. The standard InChI is InChI=1S/C11H21NO11S3/c1-25(17,18)4-2-3-7(12-23-26(19,20)21)24-11-10(16)9(15)8(14)6(5-13)22-11/h6,8-11,13-16H,2-5H2,1H3,(H,19,20,21)/b12-7+/t6-,8-,9+,10-,11?/m1/s1. The summed E-state index contributed by atoms with van der Waals surface area (Å²) in [5, 5.41) is 41.6. The van der Waals surface area contributed by atoms with Gasteiger partial charge in [0, 0.05) is 12.7 Å². The minimum atomic E-state index is -4.91. The van der Waals surface area contributed by atoms with E-state index in [4.69, 9.17) is 14.4 Å². The van der Waals surface area contributed by atoms with E-state index in [1.807, 2.05) is 0 Å². The molecule has 1 saturated heterocycles. The van der Waals surface area contributed by atoms with Crippen molar-refractivity contribution in [2.24, 2.45) is 5.16 Å². The van der Waals surface area contributed by atoms with Gasteiger partial charge < -0.3 is 25.2 Å². The van der Waals surface area contributed by atoms with Crippen LogP contribution in [0.4, 0.5) is 0 Å². The van der Waals surface area contributed by atoms with E-state index in [2.05, 4.69) is 9.44 Å². The number of oxime groups is 1. The van der Waals surface area contributed by atoms with E-state index < -0.39 is 56.7 Å². The smallest absolute Gasteiger partial charge is 0.394 e. The van der Waals surface area contributed by atoms with Gasteiger partial charge >= 0.3 is 10.4 Å². The molecule has 1 aliphatic heterocycles. The van der Waals surface area contributed by atoms with Crippen molar-refractivity contribution in [1.29, 1.82) is 0 Å². The minimum Gasteiger partial charge on any atom is -0.394 e. The van der Waals surface area contributed by atoms with Gasteiger partial charge in [0.25, 0.3) is 0 Å². The summed E-state index contributed by atoms with van der Waals surface area (Å²) in [5.41, 5.74) is -1.27. The lowest BCUT2D eigenvalue weighted by molar-refractivity contribution is -0.205. The fourth-order valence-corrected chi connectivity index (χ4v) is 4.01. The average Bonchev–Trinajstić information content (AvgIpc) is 2.50. The first-order chi connectivity index (χ1) is 11.8. The fraction of sp³-hybridized carbons (Fsp3) is 0.909. The molecular weight excluding hydrogens is 418 g/mol. The van der Waals surface area contributed by atoms with Crippen molar-refractivity contribution < 1.29 is 50.8 Å². The Bertz CT molecular complexity index is 690. The van der Waals surface area contributed by atoms with Gasteiger partial charge in [-0.1, -0.05) is 16.9 Å². The molecule has 0 bridgehead atoms. The molecule has 0 aromatic rings. The molecule has 0 aromatic carbocycles. The van der Waals surface area contributed by atoms with E-state index >= 15 is 0 Å². The van der Waals surface area contributed by atoms with E-state index in [1.54, 1.807) is 0 Å². The van der Waals surface area contributed by atoms with Crippen LogP contribution in [0, 0.1) is 0 Å². The van der Waals surface area contributed by atoms with Gasteiger partial charge in [-0.05, 0) is 6.42 Å². The van der Waals surface area contributed by atoms with Crippen molar-refractivity contribution >= 4 is 37.0 Å². The molecule has 1 heterocycles. The molecule has 0 radical (unpaired) electrons. The highest BCUT2D eigenvalue weighted by Crippen LogP contribution is 2.30. The first-order valence-electron chi connectivity index (χ1n) is 7.22. The van der Waals surface area contributed by atoms with Crippen LogP contribution in [0.25, 0.3) is 0 Å². The van der Waals surface area contributed by atoms with E-state index in [-0.39, 0.29) is 23.6 Å². The highest BCUT2D eigenvalue weighted by Gasteiger charge is 2.44. The SMILES string of the molecule is CS(=O)(=O)CCC/C(=N\OS(=O)(=O)O)SC1O[C@H](CO)[C@@H](O)[C@H](O)[C@H]1O. The largest absolute Gasteiger partial charge is 0.466 e. The van der Waals surface area contributed by atoms with Crippen LogP contribution in [0.15, 0.2) is 5.16 Å². The molecule has 154 valence electrons. The zero-order chi connectivity index (χ0) is 20.1. The maximum atomic E-state index is 11.2. The molecular formula is C11H21NO11S3. The maximum Gasteiger partial charge on any atom is 0.466 e. The monoisotopic (exact) mass is 439 g/mol. The average molecular weight is 439 g/mol. The van der Waals surface area contributed by atoms with Crippen LogP contribution >= 0.6 is 11.8 Å². The molecule has 12 nitrogen and oxygen atoms in total. The molecule has 0 aromatic heterocycles. The Labute approximate surface area is 154 Å². The summed E-state index contributed by atoms with van der Waals surface area (Å²) < 4.78 is 61.4. The van der Waals surface area contributed by atoms with Gasteiger partial charge in [-0.15, -0.1) is 0 Å². The third-order valence-corrected chi connectivity index (χ3v) is 5.71. The predicted molar refractivity (Wildman–Crippen MR) is 90.4 cm³/mol. The number of thioether (sulfide) groups is 1. The second-order valence-corrected chi connectivity index (χ2v) is 9.97. The molecule has 0 amide bonds. The Morgan fingerprint density at radius 2 is 1.77 bits per heavy atom. The lowest BCUT2D eigenvalue weighted by Crippen LogP contribution is -2.57. The summed E-state index contributed by atoms with van der Waals surface area (Å²) in [6.45, 7) is -0.663. The predicted octanol–water partition coefficient (Wildman–Crippen LogP) is -2.52. The van der Waals surface area contributed by atoms with Crippen LogP contribution < -0.4 is 0 Å². The Kier molecular flexibility index (Phi) is 8.69. The quantitative estimate of drug-likeness (QED) is 0.115. The lowest BCUT2D eigenvalue weighted by atomic mass is 10.0. The van der Waals surface area contributed by atoms with E-state index in [1.165, 1.54) is 0 Å². The lowest BCUT2D eigenvalue weighted by Gasteiger charge is -2.39. The number of sulfone groups is 1. The summed E-state index contributed by atoms with van der Waals surface area (Å²) >= 11 is 0.590. The number of aliphatic hydroxyl groups is 4. The highest BCUT2D eigenvalue weighted by molar-refractivity contribution is 8.14. The molecule has 15 heteroatoms. The maximum absolute atomic E-state index is 11.2. The molecule has 5 N–H and O–H groups in total. The van der Waals surface area contributed by atoms with Crippen molar-refractivity contribution in [2.45, 2.75) is 42.7 Å². The molecule has 1 unspecified atom stereocenters. The summed E-state index contributed by atoms with van der Waals surface area (Å²) in [4.78, 5) is 0. The van der Waals surface area contributed by atoms with E-state index in [9.17, 15) is 32.2 Å². The second kappa shape index (κ2) is 9.61. The van der Waals surface area contributed by atoms with Gasteiger partial charge in [0.1, 0.15) is 44.7 Å². The molecule has 1 fully saturated rings. The summed E-state index contributed by atoms with van der Waals surface area (Å²) in [6.07, 6.45) is -5.12. The zero-order valence-corrected chi connectivity index (χ0v) is 16.0. The van der Waals surface area contributed by atoms with Crippen molar-refractivity contribution in [3.8, 4) is 0 Å². The van der Waals surface area contributed by atoms with Crippen LogP contribution in [0.5, 0.6) is 0 Å². The number of nitrogens with zero attached hydrogens (tertiary/aromatic N) is 1. The number of hydrogen-bond acceptors (Lipinski definition) is 12. The van der Waals surface area contributed by atoms with E-state index in [0.29, 0.717) is 11.8 Å². The number of ether oxygens (including phenoxy) is 1.